The van der Waals surface area contributed by atoms with Crippen molar-refractivity contribution in [2.24, 2.45) is 5.92 Å². The number of benzene rings is 2. The molecule has 38 heavy (non-hydrogen) atoms. The van der Waals surface area contributed by atoms with Gasteiger partial charge in [-0.1, -0.05) is 47.5 Å². The minimum atomic E-state index is -0.926. The summed E-state index contributed by atoms with van der Waals surface area (Å²) in [6.07, 6.45) is -0.0761. The largest absolute Gasteiger partial charge is 0.481 e. The van der Waals surface area contributed by atoms with E-state index in [0.717, 1.165) is 5.56 Å². The highest BCUT2D eigenvalue weighted by atomic mass is 35.5. The Morgan fingerprint density at radius 3 is 2.21 bits per heavy atom. The highest BCUT2D eigenvalue weighted by Gasteiger charge is 2.34. The molecule has 2 saturated heterocycles. The zero-order chi connectivity index (χ0) is 27.2. The van der Waals surface area contributed by atoms with Gasteiger partial charge >= 0.3 is 12.0 Å². The van der Waals surface area contributed by atoms with Crippen molar-refractivity contribution < 1.29 is 24.6 Å². The molecule has 11 heteroatoms. The summed E-state index contributed by atoms with van der Waals surface area (Å²) in [6.45, 7) is 4.16. The fourth-order valence-corrected chi connectivity index (χ4v) is 5.56. The molecule has 2 aromatic carbocycles. The van der Waals surface area contributed by atoms with E-state index in [0.29, 0.717) is 60.4 Å². The van der Waals surface area contributed by atoms with Crippen LogP contribution < -0.4 is 0 Å². The van der Waals surface area contributed by atoms with Gasteiger partial charge < -0.3 is 24.9 Å². The molecule has 0 spiro atoms. The number of halogens is 2. The summed E-state index contributed by atoms with van der Waals surface area (Å²) in [5.74, 6) is -1.30. The van der Waals surface area contributed by atoms with Crippen molar-refractivity contribution in [3.8, 4) is 0 Å². The summed E-state index contributed by atoms with van der Waals surface area (Å²) < 4.78 is 0. The van der Waals surface area contributed by atoms with E-state index in [9.17, 15) is 24.6 Å². The lowest BCUT2D eigenvalue weighted by Gasteiger charge is -2.40. The van der Waals surface area contributed by atoms with Crippen molar-refractivity contribution in [3.05, 3.63) is 69.2 Å². The lowest BCUT2D eigenvalue weighted by atomic mass is 9.99. The Balaban J connectivity index is 1.52. The molecule has 2 aliphatic heterocycles. The second-order valence-corrected chi connectivity index (χ2v) is 10.6. The van der Waals surface area contributed by atoms with E-state index in [2.05, 4.69) is 4.90 Å². The molecular formula is C27H32Cl2N4O5. The number of piperazine rings is 1. The Hall–Kier alpha value is -2.85. The van der Waals surface area contributed by atoms with E-state index in [1.165, 1.54) is 0 Å². The van der Waals surface area contributed by atoms with Gasteiger partial charge in [0.15, 0.2) is 0 Å². The molecule has 204 valence electrons. The first kappa shape index (κ1) is 28.2. The molecule has 0 bridgehead atoms. The summed E-state index contributed by atoms with van der Waals surface area (Å²) in [4.78, 5) is 45.6. The molecule has 0 saturated carbocycles. The summed E-state index contributed by atoms with van der Waals surface area (Å²) >= 11 is 12.4. The Labute approximate surface area is 232 Å². The number of hydrogen-bond donors (Lipinski definition) is 2. The molecule has 1 unspecified atom stereocenters. The molecule has 2 aliphatic rings. The highest BCUT2D eigenvalue weighted by Crippen LogP contribution is 2.27. The van der Waals surface area contributed by atoms with Gasteiger partial charge in [-0.2, -0.15) is 0 Å². The molecular weight excluding hydrogens is 531 g/mol. The van der Waals surface area contributed by atoms with Gasteiger partial charge in [0, 0.05) is 80.4 Å². The van der Waals surface area contributed by atoms with Crippen molar-refractivity contribution in [1.29, 1.82) is 0 Å². The third kappa shape index (κ3) is 6.96. The van der Waals surface area contributed by atoms with Gasteiger partial charge in [0.05, 0.1) is 13.0 Å². The summed E-state index contributed by atoms with van der Waals surface area (Å²) in [5, 5.41) is 19.6. The van der Waals surface area contributed by atoms with Crippen molar-refractivity contribution in [2.45, 2.75) is 19.5 Å². The van der Waals surface area contributed by atoms with E-state index < -0.39 is 5.97 Å². The average Bonchev–Trinajstić information content (AvgIpc) is 2.88. The first-order valence-corrected chi connectivity index (χ1v) is 13.4. The van der Waals surface area contributed by atoms with Crippen molar-refractivity contribution in [3.63, 3.8) is 0 Å². The number of urea groups is 1. The molecule has 3 amide bonds. The predicted molar refractivity (Wildman–Crippen MR) is 144 cm³/mol. The number of rotatable bonds is 9. The summed E-state index contributed by atoms with van der Waals surface area (Å²) in [5.41, 5.74) is 1.96. The molecule has 2 N–H and O–H groups in total. The molecule has 2 aromatic rings. The first-order valence-electron chi connectivity index (χ1n) is 12.6. The molecule has 0 aromatic heterocycles. The van der Waals surface area contributed by atoms with Crippen LogP contribution in [0.5, 0.6) is 0 Å². The van der Waals surface area contributed by atoms with Crippen LogP contribution in [0.4, 0.5) is 4.79 Å². The van der Waals surface area contributed by atoms with Crippen LogP contribution in [0.3, 0.4) is 0 Å². The molecule has 0 aliphatic carbocycles. The number of aliphatic carboxylic acids is 1. The Bertz CT molecular complexity index is 1170. The second-order valence-electron chi connectivity index (χ2n) is 9.76. The van der Waals surface area contributed by atoms with Crippen molar-refractivity contribution in [2.75, 3.05) is 52.4 Å². The normalized spacial score (nSPS) is 18.7. The molecule has 4 rings (SSSR count). The number of carbonyl (C=O) groups is 3. The zero-order valence-corrected chi connectivity index (χ0v) is 22.6. The third-order valence-corrected chi connectivity index (χ3v) is 7.61. The standard InChI is InChI=1S/C27H32Cl2N4O5/c28-22-6-5-21(24(29)14-22)18-33-16-19(13-25(35)36)15-32(27(33)38)17-20-3-1-2-4-23(20)26(37)31-9-7-30(8-10-31)11-12-34/h1-6,14,19,34H,7-13,15-18H2,(H,35,36). The van der Waals surface area contributed by atoms with E-state index in [1.54, 1.807) is 45.0 Å². The van der Waals surface area contributed by atoms with Crippen LogP contribution in [0.1, 0.15) is 27.9 Å². The van der Waals surface area contributed by atoms with Crippen LogP contribution in [0.15, 0.2) is 42.5 Å². The fraction of sp³-hybridized carbons (Fsp3) is 0.444. The second kappa shape index (κ2) is 12.8. The number of carbonyl (C=O) groups excluding carboxylic acids is 2. The van der Waals surface area contributed by atoms with Crippen LogP contribution in [0.2, 0.25) is 10.0 Å². The van der Waals surface area contributed by atoms with Crippen molar-refractivity contribution in [1.82, 2.24) is 19.6 Å². The number of amides is 3. The van der Waals surface area contributed by atoms with Crippen LogP contribution in [-0.4, -0.2) is 100 Å². The average molecular weight is 563 g/mol. The Morgan fingerprint density at radius 1 is 0.921 bits per heavy atom. The number of β-amino-alcohol motifs (C(OH)–C–C–N with tert-alkyl or cyclic N) is 1. The number of carboxylic acid groups (broad SMARTS) is 1. The zero-order valence-electron chi connectivity index (χ0n) is 21.1. The monoisotopic (exact) mass is 562 g/mol. The smallest absolute Gasteiger partial charge is 0.320 e. The van der Waals surface area contributed by atoms with Crippen LogP contribution in [0.25, 0.3) is 0 Å². The maximum absolute atomic E-state index is 13.5. The van der Waals surface area contributed by atoms with Gasteiger partial charge in [-0.15, -0.1) is 0 Å². The Morgan fingerprint density at radius 2 is 1.58 bits per heavy atom. The molecule has 9 nitrogen and oxygen atoms in total. The first-order chi connectivity index (χ1) is 18.2. The number of aliphatic hydroxyl groups is 1. The van der Waals surface area contributed by atoms with Crippen molar-refractivity contribution >= 4 is 41.1 Å². The molecule has 2 fully saturated rings. The minimum Gasteiger partial charge on any atom is -0.481 e. The number of aliphatic hydroxyl groups excluding tert-OH is 1. The van der Waals surface area contributed by atoms with Gasteiger partial charge in [0.25, 0.3) is 5.91 Å². The van der Waals surface area contributed by atoms with E-state index >= 15 is 0 Å². The third-order valence-electron chi connectivity index (χ3n) is 7.02. The quantitative estimate of drug-likeness (QED) is 0.486. The minimum absolute atomic E-state index is 0.0761. The maximum Gasteiger partial charge on any atom is 0.320 e. The summed E-state index contributed by atoms with van der Waals surface area (Å²) in [6, 6.07) is 12.1. The number of carboxylic acids is 1. The topological polar surface area (TPSA) is 105 Å². The van der Waals surface area contributed by atoms with E-state index in [4.69, 9.17) is 23.2 Å². The van der Waals surface area contributed by atoms with Gasteiger partial charge in [-0.25, -0.2) is 4.79 Å². The van der Waals surface area contributed by atoms with Crippen LogP contribution in [0, 0.1) is 5.92 Å². The fourth-order valence-electron chi connectivity index (χ4n) is 5.09. The SMILES string of the molecule is O=C(O)CC1CN(Cc2ccc(Cl)cc2Cl)C(=O)N(Cc2ccccc2C(=O)N2CCN(CCO)CC2)C1. The van der Waals surface area contributed by atoms with Gasteiger partial charge in [-0.3, -0.25) is 14.5 Å². The number of hydrogen-bond acceptors (Lipinski definition) is 5. The maximum atomic E-state index is 13.5. The molecule has 1 atom stereocenters. The summed E-state index contributed by atoms with van der Waals surface area (Å²) in [7, 11) is 0. The predicted octanol–water partition coefficient (Wildman–Crippen LogP) is 3.27. The van der Waals surface area contributed by atoms with Gasteiger partial charge in [-0.05, 0) is 29.3 Å². The van der Waals surface area contributed by atoms with Gasteiger partial charge in [0.2, 0.25) is 0 Å². The van der Waals surface area contributed by atoms with Crippen LogP contribution in [-0.2, 0) is 17.9 Å². The van der Waals surface area contributed by atoms with Gasteiger partial charge in [0.1, 0.15) is 0 Å². The molecule has 0 radical (unpaired) electrons. The Kier molecular flexibility index (Phi) is 9.49. The number of nitrogens with zero attached hydrogens (tertiary/aromatic N) is 4. The van der Waals surface area contributed by atoms with E-state index in [1.807, 2.05) is 12.1 Å². The lowest BCUT2D eigenvalue weighted by Crippen LogP contribution is -2.53. The molecule has 2 heterocycles. The van der Waals surface area contributed by atoms with Crippen LogP contribution >= 0.6 is 23.2 Å². The lowest BCUT2D eigenvalue weighted by molar-refractivity contribution is -0.138. The van der Waals surface area contributed by atoms with E-state index in [-0.39, 0.29) is 50.5 Å². The highest BCUT2D eigenvalue weighted by molar-refractivity contribution is 6.35.